The zero-order valence-electron chi connectivity index (χ0n) is 14.5. The number of benzene rings is 2. The van der Waals surface area contributed by atoms with Gasteiger partial charge in [0.15, 0.2) is 5.17 Å². The van der Waals surface area contributed by atoms with Crippen molar-refractivity contribution in [2.75, 3.05) is 0 Å². The Bertz CT molecular complexity index is 899. The second kappa shape index (κ2) is 7.31. The number of carbonyl (C=O) groups excluding carboxylic acids is 1. The highest BCUT2D eigenvalue weighted by Crippen LogP contribution is 2.43. The summed E-state index contributed by atoms with van der Waals surface area (Å²) in [4.78, 5) is 16.5. The van der Waals surface area contributed by atoms with Crippen LogP contribution in [0.25, 0.3) is 0 Å². The molecular formula is C19H16BrF3N2OS. The van der Waals surface area contributed by atoms with Crippen LogP contribution in [0.1, 0.15) is 36.6 Å². The van der Waals surface area contributed by atoms with Crippen LogP contribution in [0.4, 0.5) is 13.2 Å². The fourth-order valence-corrected chi connectivity index (χ4v) is 4.27. The molecule has 1 unspecified atom stereocenters. The van der Waals surface area contributed by atoms with E-state index in [4.69, 9.17) is 0 Å². The number of nitrogens with zero attached hydrogens (tertiary/aromatic N) is 1. The highest BCUT2D eigenvalue weighted by molar-refractivity contribution is 9.10. The molecule has 0 aromatic heterocycles. The van der Waals surface area contributed by atoms with Crippen molar-refractivity contribution in [2.24, 2.45) is 4.99 Å². The van der Waals surface area contributed by atoms with Crippen molar-refractivity contribution in [2.45, 2.75) is 30.8 Å². The van der Waals surface area contributed by atoms with E-state index in [0.29, 0.717) is 5.17 Å². The molecule has 142 valence electrons. The van der Waals surface area contributed by atoms with Gasteiger partial charge in [0.2, 0.25) is 0 Å². The molecule has 2 aromatic carbocycles. The number of carbonyl (C=O) groups is 1. The first-order valence-electron chi connectivity index (χ1n) is 8.12. The zero-order chi connectivity index (χ0) is 19.8. The Hall–Kier alpha value is -1.80. The minimum atomic E-state index is -4.45. The van der Waals surface area contributed by atoms with Gasteiger partial charge < -0.3 is 5.32 Å². The van der Waals surface area contributed by atoms with E-state index in [-0.39, 0.29) is 11.5 Å². The number of hydrogen-bond donors (Lipinski definition) is 1. The topological polar surface area (TPSA) is 41.5 Å². The number of amides is 1. The van der Waals surface area contributed by atoms with E-state index in [9.17, 15) is 18.0 Å². The lowest BCUT2D eigenvalue weighted by Gasteiger charge is -2.23. The first-order chi connectivity index (χ1) is 12.6. The fraction of sp³-hybridized carbons (Fsp3) is 0.263. The van der Waals surface area contributed by atoms with Crippen LogP contribution in [0.5, 0.6) is 0 Å². The molecule has 1 aliphatic rings. The molecule has 0 aliphatic carbocycles. The number of thioether (sulfide) groups is 1. The maximum atomic E-state index is 13.2. The first kappa shape index (κ1) is 19.9. The number of alkyl halides is 3. The smallest absolute Gasteiger partial charge is 0.358 e. The molecule has 1 aliphatic heterocycles. The molecule has 1 heterocycles. The fourth-order valence-electron chi connectivity index (χ4n) is 2.87. The minimum absolute atomic E-state index is 0.109. The van der Waals surface area contributed by atoms with E-state index in [1.807, 2.05) is 24.3 Å². The quantitative estimate of drug-likeness (QED) is 0.647. The Morgan fingerprint density at radius 3 is 2.41 bits per heavy atom. The second-order valence-corrected chi connectivity index (χ2v) is 8.64. The summed E-state index contributed by atoms with van der Waals surface area (Å²) < 4.78 is 39.7. The first-order valence-corrected chi connectivity index (χ1v) is 9.73. The van der Waals surface area contributed by atoms with Gasteiger partial charge in [0.05, 0.1) is 11.6 Å². The Kier molecular flexibility index (Phi) is 5.40. The third-order valence-corrected chi connectivity index (χ3v) is 6.13. The number of rotatable bonds is 3. The van der Waals surface area contributed by atoms with Crippen LogP contribution < -0.4 is 5.32 Å². The van der Waals surface area contributed by atoms with Gasteiger partial charge in [0.1, 0.15) is 4.75 Å². The summed E-state index contributed by atoms with van der Waals surface area (Å²) >= 11 is 4.56. The van der Waals surface area contributed by atoms with E-state index in [2.05, 4.69) is 26.2 Å². The number of hydrogen-bond acceptors (Lipinski definition) is 3. The summed E-state index contributed by atoms with van der Waals surface area (Å²) in [6.45, 7) is 3.38. The molecule has 3 rings (SSSR count). The molecule has 0 radical (unpaired) electrons. The lowest BCUT2D eigenvalue weighted by molar-refractivity contribution is -0.138. The van der Waals surface area contributed by atoms with Crippen molar-refractivity contribution in [1.29, 1.82) is 0 Å². The van der Waals surface area contributed by atoms with Gasteiger partial charge in [0.25, 0.3) is 5.91 Å². The van der Waals surface area contributed by atoms with Crippen LogP contribution in [-0.2, 0) is 15.7 Å². The van der Waals surface area contributed by atoms with Crippen molar-refractivity contribution in [3.05, 3.63) is 69.7 Å². The molecule has 0 fully saturated rings. The summed E-state index contributed by atoms with van der Waals surface area (Å²) in [7, 11) is 0. The molecule has 8 heteroatoms. The van der Waals surface area contributed by atoms with E-state index in [1.165, 1.54) is 23.9 Å². The zero-order valence-corrected chi connectivity index (χ0v) is 16.9. The van der Waals surface area contributed by atoms with Crippen LogP contribution in [0.15, 0.2) is 58.0 Å². The van der Waals surface area contributed by atoms with Crippen LogP contribution in [-0.4, -0.2) is 11.1 Å². The molecular weight excluding hydrogens is 441 g/mol. The van der Waals surface area contributed by atoms with Gasteiger partial charge in [-0.05, 0) is 43.2 Å². The summed E-state index contributed by atoms with van der Waals surface area (Å²) in [6, 6.07) is 12.1. The second-order valence-electron chi connectivity index (χ2n) is 6.32. The molecule has 2 atom stereocenters. The standard InChI is InChI=1S/C19H16BrF3N2OS/c1-11(14-5-3-4-6-15(14)19(21,22)23)24-17-25-16(26)18(2,27-17)12-7-9-13(20)10-8-12/h3-11H,1-2H3,(H,24,25,26)/t11-,18?/m0/s1. The number of aliphatic imine (C=N–C) groups is 1. The predicted molar refractivity (Wildman–Crippen MR) is 105 cm³/mol. The van der Waals surface area contributed by atoms with Crippen molar-refractivity contribution in [1.82, 2.24) is 5.32 Å². The van der Waals surface area contributed by atoms with Gasteiger partial charge in [-0.15, -0.1) is 0 Å². The third kappa shape index (κ3) is 4.06. The van der Waals surface area contributed by atoms with Crippen molar-refractivity contribution in [3.8, 4) is 0 Å². The maximum Gasteiger partial charge on any atom is 0.416 e. The molecule has 0 bridgehead atoms. The van der Waals surface area contributed by atoms with Crippen molar-refractivity contribution < 1.29 is 18.0 Å². The van der Waals surface area contributed by atoms with E-state index in [1.54, 1.807) is 19.9 Å². The normalized spacial score (nSPS) is 21.1. The Morgan fingerprint density at radius 1 is 1.15 bits per heavy atom. The minimum Gasteiger partial charge on any atom is -0.358 e. The van der Waals surface area contributed by atoms with Gasteiger partial charge in [-0.2, -0.15) is 18.2 Å². The largest absolute Gasteiger partial charge is 0.416 e. The molecule has 27 heavy (non-hydrogen) atoms. The molecule has 0 saturated heterocycles. The number of nitrogens with one attached hydrogen (secondary N) is 1. The van der Waals surface area contributed by atoms with Gasteiger partial charge in [-0.1, -0.05) is 58.0 Å². The van der Waals surface area contributed by atoms with Crippen LogP contribution in [0.2, 0.25) is 0 Å². The maximum absolute atomic E-state index is 13.2. The number of amidine groups is 1. The van der Waals surface area contributed by atoms with Gasteiger partial charge >= 0.3 is 6.18 Å². The average Bonchev–Trinajstić information content (AvgIpc) is 2.89. The van der Waals surface area contributed by atoms with Gasteiger partial charge in [0, 0.05) is 4.47 Å². The molecule has 1 N–H and O–H groups in total. The highest BCUT2D eigenvalue weighted by atomic mass is 79.9. The van der Waals surface area contributed by atoms with Crippen LogP contribution >= 0.6 is 27.7 Å². The molecule has 3 nitrogen and oxygen atoms in total. The monoisotopic (exact) mass is 456 g/mol. The lowest BCUT2D eigenvalue weighted by atomic mass is 10.00. The number of halogens is 4. The van der Waals surface area contributed by atoms with Crippen LogP contribution in [0.3, 0.4) is 0 Å². The summed E-state index contributed by atoms with van der Waals surface area (Å²) in [5.74, 6) is -0.339. The SMILES string of the molecule is C[C@H](NC1=NC(=O)C(C)(c2ccc(Br)cc2)S1)c1ccccc1C(F)(F)F. The predicted octanol–water partition coefficient (Wildman–Crippen LogP) is 5.66. The van der Waals surface area contributed by atoms with Crippen molar-refractivity contribution >= 4 is 38.8 Å². The highest BCUT2D eigenvalue weighted by Gasteiger charge is 2.43. The third-order valence-electron chi connectivity index (χ3n) is 4.38. The van der Waals surface area contributed by atoms with Gasteiger partial charge in [-0.3, -0.25) is 4.79 Å². The molecule has 0 saturated carbocycles. The molecule has 0 spiro atoms. The average molecular weight is 457 g/mol. The van der Waals surface area contributed by atoms with E-state index in [0.717, 1.165) is 16.1 Å². The summed E-state index contributed by atoms with van der Waals surface area (Å²) in [6.07, 6.45) is -4.45. The summed E-state index contributed by atoms with van der Waals surface area (Å²) in [5, 5.41) is 3.27. The Labute approximate surface area is 167 Å². The lowest BCUT2D eigenvalue weighted by Crippen LogP contribution is -2.27. The van der Waals surface area contributed by atoms with Crippen molar-refractivity contribution in [3.63, 3.8) is 0 Å². The Morgan fingerprint density at radius 2 is 1.78 bits per heavy atom. The molecule has 2 aromatic rings. The van der Waals surface area contributed by atoms with Gasteiger partial charge in [-0.25, -0.2) is 0 Å². The Balaban J connectivity index is 1.81. The summed E-state index contributed by atoms with van der Waals surface area (Å²) in [5.41, 5.74) is 0.193. The van der Waals surface area contributed by atoms with E-state index >= 15 is 0 Å². The van der Waals surface area contributed by atoms with Crippen LogP contribution in [0, 0.1) is 0 Å². The van der Waals surface area contributed by atoms with E-state index < -0.39 is 22.5 Å². The molecule has 1 amide bonds.